The molecule has 1 N–H and O–H groups in total. The molecule has 130 valence electrons. The van der Waals surface area contributed by atoms with Crippen LogP contribution in [0.4, 0.5) is 5.00 Å². The van der Waals surface area contributed by atoms with Crippen LogP contribution in [-0.2, 0) is 10.2 Å². The Morgan fingerprint density at radius 3 is 2.88 bits per heavy atom. The molecular weight excluding hydrogens is 338 g/mol. The van der Waals surface area contributed by atoms with E-state index in [0.29, 0.717) is 5.56 Å². The Labute approximate surface area is 150 Å². The molecule has 0 atom stereocenters. The van der Waals surface area contributed by atoms with E-state index in [1.54, 1.807) is 0 Å². The zero-order valence-corrected chi connectivity index (χ0v) is 14.8. The first kappa shape index (κ1) is 16.2. The summed E-state index contributed by atoms with van der Waals surface area (Å²) < 4.78 is 20.9. The van der Waals surface area contributed by atoms with Crippen LogP contribution in [-0.4, -0.2) is 30.9 Å². The summed E-state index contributed by atoms with van der Waals surface area (Å²) in [5.74, 6) is 1.60. The largest absolute Gasteiger partial charge is 0.454 e. The van der Waals surface area contributed by atoms with Crippen LogP contribution in [0.1, 0.15) is 29.7 Å². The molecule has 7 heteroatoms. The smallest absolute Gasteiger partial charge is 0.231 e. The van der Waals surface area contributed by atoms with Crippen LogP contribution in [0.2, 0.25) is 0 Å². The zero-order valence-electron chi connectivity index (χ0n) is 14.0. The number of aromatic nitrogens is 1. The number of fused-ring (bicyclic) bond motifs is 1. The summed E-state index contributed by atoms with van der Waals surface area (Å²) in [6, 6.07) is 8.42. The molecule has 3 heterocycles. The number of hydrogen-bond donors (Lipinski definition) is 1. The molecule has 4 rings (SSSR count). The predicted molar refractivity (Wildman–Crippen MR) is 94.4 cm³/mol. The number of rotatable bonds is 4. The number of nitrogens with one attached hydrogen (secondary N) is 1. The number of nitriles is 1. The van der Waals surface area contributed by atoms with Gasteiger partial charge in [-0.15, -0.1) is 0 Å². The minimum absolute atomic E-state index is 0.0656. The van der Waals surface area contributed by atoms with E-state index >= 15 is 0 Å². The first-order valence-corrected chi connectivity index (χ1v) is 9.07. The van der Waals surface area contributed by atoms with Gasteiger partial charge in [0, 0.05) is 25.2 Å². The quantitative estimate of drug-likeness (QED) is 0.905. The van der Waals surface area contributed by atoms with Crippen molar-refractivity contribution in [3.05, 3.63) is 35.0 Å². The average molecular weight is 357 g/mol. The van der Waals surface area contributed by atoms with E-state index in [0.717, 1.165) is 54.8 Å². The molecule has 0 amide bonds. The summed E-state index contributed by atoms with van der Waals surface area (Å²) >= 11 is 1.34. The van der Waals surface area contributed by atoms with Gasteiger partial charge in [-0.05, 0) is 49.0 Å². The molecule has 1 aromatic carbocycles. The monoisotopic (exact) mass is 357 g/mol. The Hall–Kier alpha value is -2.30. The van der Waals surface area contributed by atoms with Gasteiger partial charge in [-0.3, -0.25) is 0 Å². The van der Waals surface area contributed by atoms with Crippen LogP contribution in [0.5, 0.6) is 11.5 Å². The highest BCUT2D eigenvalue weighted by Crippen LogP contribution is 2.41. The highest BCUT2D eigenvalue weighted by Gasteiger charge is 2.36. The third-order valence-corrected chi connectivity index (χ3v) is 5.89. The van der Waals surface area contributed by atoms with Crippen LogP contribution in [0.25, 0.3) is 0 Å². The molecule has 2 aromatic rings. The van der Waals surface area contributed by atoms with Gasteiger partial charge in [0.1, 0.15) is 16.6 Å². The Morgan fingerprint density at radius 2 is 2.08 bits per heavy atom. The summed E-state index contributed by atoms with van der Waals surface area (Å²) in [5, 5.41) is 13.6. The zero-order chi connectivity index (χ0) is 17.3. The van der Waals surface area contributed by atoms with Crippen LogP contribution >= 0.6 is 11.5 Å². The normalized spacial score (nSPS) is 17.9. The molecule has 0 radical (unpaired) electrons. The van der Waals surface area contributed by atoms with Crippen molar-refractivity contribution in [2.75, 3.05) is 31.9 Å². The minimum Gasteiger partial charge on any atom is -0.454 e. The summed E-state index contributed by atoms with van der Waals surface area (Å²) in [6.07, 6.45) is 1.83. The third-order valence-electron chi connectivity index (χ3n) is 5.00. The predicted octanol–water partition coefficient (Wildman–Crippen LogP) is 3.21. The van der Waals surface area contributed by atoms with Crippen molar-refractivity contribution in [3.63, 3.8) is 0 Å². The molecule has 1 saturated heterocycles. The third kappa shape index (κ3) is 2.92. The molecule has 0 saturated carbocycles. The molecule has 2 aliphatic heterocycles. The van der Waals surface area contributed by atoms with Gasteiger partial charge in [0.15, 0.2) is 11.5 Å². The van der Waals surface area contributed by atoms with Crippen molar-refractivity contribution >= 4 is 16.5 Å². The van der Waals surface area contributed by atoms with Crippen molar-refractivity contribution in [1.29, 1.82) is 5.26 Å². The lowest BCUT2D eigenvalue weighted by Gasteiger charge is -2.38. The molecule has 0 aliphatic carbocycles. The number of ether oxygens (including phenoxy) is 3. The standard InChI is InChI=1S/C18H19N3O3S/c1-12-14(9-19)17(25-21-12)20-10-18(4-6-22-7-5-18)13-2-3-15-16(8-13)24-11-23-15/h2-3,8,20H,4-7,10-11H2,1H3. The highest BCUT2D eigenvalue weighted by molar-refractivity contribution is 7.10. The van der Waals surface area contributed by atoms with Crippen molar-refractivity contribution in [3.8, 4) is 17.6 Å². The highest BCUT2D eigenvalue weighted by atomic mass is 32.1. The topological polar surface area (TPSA) is 76.4 Å². The lowest BCUT2D eigenvalue weighted by Crippen LogP contribution is -2.40. The second-order valence-electron chi connectivity index (χ2n) is 6.40. The fraction of sp³-hybridized carbons (Fsp3) is 0.444. The maximum absolute atomic E-state index is 9.34. The number of nitrogens with zero attached hydrogens (tertiary/aromatic N) is 2. The first-order valence-electron chi connectivity index (χ1n) is 8.30. The van der Waals surface area contributed by atoms with Crippen molar-refractivity contribution < 1.29 is 14.2 Å². The molecule has 0 unspecified atom stereocenters. The SMILES string of the molecule is Cc1nsc(NCC2(c3ccc4c(c3)OCO4)CCOCC2)c1C#N. The molecule has 6 nitrogen and oxygen atoms in total. The van der Waals surface area contributed by atoms with Gasteiger partial charge in [-0.1, -0.05) is 6.07 Å². The van der Waals surface area contributed by atoms with Gasteiger partial charge >= 0.3 is 0 Å². The van der Waals surface area contributed by atoms with E-state index in [4.69, 9.17) is 14.2 Å². The van der Waals surface area contributed by atoms with Crippen molar-refractivity contribution in [2.24, 2.45) is 0 Å². The van der Waals surface area contributed by atoms with Gasteiger partial charge in [0.25, 0.3) is 0 Å². The van der Waals surface area contributed by atoms with E-state index in [1.807, 2.05) is 13.0 Å². The molecular formula is C18H19N3O3S. The Morgan fingerprint density at radius 1 is 1.28 bits per heavy atom. The van der Waals surface area contributed by atoms with Crippen LogP contribution in [0.15, 0.2) is 18.2 Å². The molecule has 1 aromatic heterocycles. The molecule has 0 spiro atoms. The Balaban J connectivity index is 1.62. The van der Waals surface area contributed by atoms with E-state index in [-0.39, 0.29) is 12.2 Å². The summed E-state index contributed by atoms with van der Waals surface area (Å²) in [5.41, 5.74) is 2.56. The van der Waals surface area contributed by atoms with Gasteiger partial charge in [0.2, 0.25) is 6.79 Å². The molecule has 1 fully saturated rings. The average Bonchev–Trinajstić information content (AvgIpc) is 3.26. The maximum Gasteiger partial charge on any atom is 0.231 e. The maximum atomic E-state index is 9.34. The van der Waals surface area contributed by atoms with Gasteiger partial charge in [0.05, 0.1) is 5.69 Å². The van der Waals surface area contributed by atoms with E-state index in [2.05, 4.69) is 27.9 Å². The van der Waals surface area contributed by atoms with Crippen molar-refractivity contribution in [1.82, 2.24) is 4.37 Å². The summed E-state index contributed by atoms with van der Waals surface area (Å²) in [4.78, 5) is 0. The lowest BCUT2D eigenvalue weighted by molar-refractivity contribution is 0.0543. The van der Waals surface area contributed by atoms with Crippen LogP contribution < -0.4 is 14.8 Å². The fourth-order valence-corrected chi connectivity index (χ4v) is 4.17. The fourth-order valence-electron chi connectivity index (χ4n) is 3.43. The molecule has 25 heavy (non-hydrogen) atoms. The lowest BCUT2D eigenvalue weighted by atomic mass is 9.74. The van der Waals surface area contributed by atoms with E-state index < -0.39 is 0 Å². The van der Waals surface area contributed by atoms with Gasteiger partial charge < -0.3 is 19.5 Å². The summed E-state index contributed by atoms with van der Waals surface area (Å²) in [6.45, 7) is 4.32. The summed E-state index contributed by atoms with van der Waals surface area (Å²) in [7, 11) is 0. The van der Waals surface area contributed by atoms with E-state index in [9.17, 15) is 5.26 Å². The Kier molecular flexibility index (Phi) is 4.24. The number of anilines is 1. The van der Waals surface area contributed by atoms with Crippen LogP contribution in [0, 0.1) is 18.3 Å². The van der Waals surface area contributed by atoms with Gasteiger partial charge in [-0.25, -0.2) is 0 Å². The number of hydrogen-bond acceptors (Lipinski definition) is 7. The van der Waals surface area contributed by atoms with E-state index in [1.165, 1.54) is 17.1 Å². The van der Waals surface area contributed by atoms with Gasteiger partial charge in [-0.2, -0.15) is 9.64 Å². The Bertz CT molecular complexity index is 821. The van der Waals surface area contributed by atoms with Crippen LogP contribution in [0.3, 0.4) is 0 Å². The minimum atomic E-state index is -0.0656. The van der Waals surface area contributed by atoms with Crippen molar-refractivity contribution in [2.45, 2.75) is 25.2 Å². The number of benzene rings is 1. The molecule has 0 bridgehead atoms. The first-order chi connectivity index (χ1) is 12.2. The molecule has 2 aliphatic rings. The second-order valence-corrected chi connectivity index (χ2v) is 7.17. The number of aryl methyl sites for hydroxylation is 1. The second kappa shape index (κ2) is 6.54.